The Hall–Kier alpha value is -1.80. The molecule has 0 saturated heterocycles. The second kappa shape index (κ2) is 4.88. The molecule has 1 aliphatic heterocycles. The highest BCUT2D eigenvalue weighted by Crippen LogP contribution is 2.40. The fourth-order valence-corrected chi connectivity index (χ4v) is 2.94. The minimum Gasteiger partial charge on any atom is -0.492 e. The normalized spacial score (nSPS) is 17.2. The first kappa shape index (κ1) is 14.2. The van der Waals surface area contributed by atoms with Crippen LogP contribution in [-0.4, -0.2) is 11.7 Å². The molecule has 0 saturated carbocycles. The zero-order valence-electron chi connectivity index (χ0n) is 13.1. The summed E-state index contributed by atoms with van der Waals surface area (Å²) in [4.78, 5) is 0. The van der Waals surface area contributed by atoms with Crippen molar-refractivity contribution in [2.45, 2.75) is 39.2 Å². The molecule has 1 heterocycles. The third-order valence-corrected chi connectivity index (χ3v) is 4.37. The molecule has 0 radical (unpaired) electrons. The van der Waals surface area contributed by atoms with E-state index < -0.39 is 6.10 Å². The highest BCUT2D eigenvalue weighted by atomic mass is 16.5. The van der Waals surface area contributed by atoms with E-state index in [0.717, 1.165) is 22.4 Å². The van der Waals surface area contributed by atoms with Gasteiger partial charge in [0, 0.05) is 11.0 Å². The van der Waals surface area contributed by atoms with Crippen LogP contribution < -0.4 is 4.74 Å². The van der Waals surface area contributed by atoms with Crippen molar-refractivity contribution in [3.8, 4) is 5.75 Å². The number of aryl methyl sites for hydroxylation is 2. The van der Waals surface area contributed by atoms with Crippen LogP contribution in [-0.2, 0) is 5.41 Å². The van der Waals surface area contributed by atoms with Crippen LogP contribution in [0, 0.1) is 13.8 Å². The monoisotopic (exact) mass is 282 g/mol. The van der Waals surface area contributed by atoms with Gasteiger partial charge in [-0.1, -0.05) is 43.7 Å². The number of fused-ring (bicyclic) bond motifs is 1. The number of rotatable bonds is 2. The maximum absolute atomic E-state index is 10.8. The third-order valence-electron chi connectivity index (χ3n) is 4.37. The first-order valence-corrected chi connectivity index (χ1v) is 7.41. The van der Waals surface area contributed by atoms with Crippen molar-refractivity contribution < 1.29 is 9.84 Å². The predicted octanol–water partition coefficient (Wildman–Crippen LogP) is 4.06. The zero-order chi connectivity index (χ0) is 15.2. The summed E-state index contributed by atoms with van der Waals surface area (Å²) in [6.07, 6.45) is -0.591. The van der Waals surface area contributed by atoms with Crippen LogP contribution in [0.25, 0.3) is 0 Å². The number of benzene rings is 2. The fraction of sp³-hybridized carbons (Fsp3) is 0.368. The van der Waals surface area contributed by atoms with Crippen LogP contribution in [0.1, 0.15) is 47.8 Å². The molecular formula is C19H22O2. The molecule has 0 fully saturated rings. The molecule has 0 amide bonds. The van der Waals surface area contributed by atoms with Crippen molar-refractivity contribution in [1.82, 2.24) is 0 Å². The number of aliphatic hydroxyl groups excluding tert-OH is 1. The summed E-state index contributed by atoms with van der Waals surface area (Å²) < 4.78 is 5.72. The molecule has 0 bridgehead atoms. The molecule has 1 aliphatic rings. The molecule has 0 aromatic heterocycles. The molecule has 1 atom stereocenters. The summed E-state index contributed by atoms with van der Waals surface area (Å²) in [5.74, 6) is 0.942. The lowest BCUT2D eigenvalue weighted by Crippen LogP contribution is -2.18. The van der Waals surface area contributed by atoms with E-state index in [1.165, 1.54) is 11.1 Å². The second-order valence-electron chi connectivity index (χ2n) is 6.69. The summed E-state index contributed by atoms with van der Waals surface area (Å²) in [6.45, 7) is 9.14. The Bertz CT molecular complexity index is 686. The maximum atomic E-state index is 10.8. The lowest BCUT2D eigenvalue weighted by Gasteiger charge is -2.19. The minimum absolute atomic E-state index is 0.00666. The van der Waals surface area contributed by atoms with Crippen LogP contribution in [0.5, 0.6) is 5.75 Å². The first-order chi connectivity index (χ1) is 9.88. The molecule has 0 spiro atoms. The van der Waals surface area contributed by atoms with E-state index >= 15 is 0 Å². The van der Waals surface area contributed by atoms with Crippen LogP contribution in [0.4, 0.5) is 0 Å². The molecule has 2 aromatic rings. The van der Waals surface area contributed by atoms with Gasteiger partial charge in [0.1, 0.15) is 11.9 Å². The third kappa shape index (κ3) is 2.44. The lowest BCUT2D eigenvalue weighted by molar-refractivity contribution is 0.219. The first-order valence-electron chi connectivity index (χ1n) is 7.41. The molecule has 1 N–H and O–H groups in total. The Morgan fingerprint density at radius 2 is 1.86 bits per heavy atom. The smallest absolute Gasteiger partial charge is 0.123 e. The number of aliphatic hydroxyl groups is 1. The molecule has 21 heavy (non-hydrogen) atoms. The van der Waals surface area contributed by atoms with Crippen LogP contribution >= 0.6 is 0 Å². The van der Waals surface area contributed by atoms with E-state index in [-0.39, 0.29) is 5.41 Å². The van der Waals surface area contributed by atoms with E-state index in [2.05, 4.69) is 45.0 Å². The summed E-state index contributed by atoms with van der Waals surface area (Å²) in [6, 6.07) is 12.2. The Kier molecular flexibility index (Phi) is 3.29. The molecule has 3 rings (SSSR count). The fourth-order valence-electron chi connectivity index (χ4n) is 2.94. The number of hydrogen-bond donors (Lipinski definition) is 1. The summed E-state index contributed by atoms with van der Waals surface area (Å²) in [7, 11) is 0. The van der Waals surface area contributed by atoms with Crippen molar-refractivity contribution in [2.24, 2.45) is 0 Å². The standard InChI is InChI=1S/C19H22O2/c1-12-5-6-13(2)15(9-12)18(20)14-7-8-17-16(10-14)19(3,4)11-21-17/h5-10,18,20H,11H2,1-4H3. The van der Waals surface area contributed by atoms with Gasteiger partial charge in [0.2, 0.25) is 0 Å². The quantitative estimate of drug-likeness (QED) is 0.900. The Labute approximate surface area is 126 Å². The van der Waals surface area contributed by atoms with Gasteiger partial charge in [-0.15, -0.1) is 0 Å². The molecule has 110 valence electrons. The van der Waals surface area contributed by atoms with E-state index in [9.17, 15) is 5.11 Å². The largest absolute Gasteiger partial charge is 0.492 e. The predicted molar refractivity (Wildman–Crippen MR) is 84.9 cm³/mol. The van der Waals surface area contributed by atoms with Gasteiger partial charge < -0.3 is 9.84 Å². The summed E-state index contributed by atoms with van der Waals surface area (Å²) in [5, 5.41) is 10.8. The van der Waals surface area contributed by atoms with Gasteiger partial charge in [-0.3, -0.25) is 0 Å². The molecule has 0 aliphatic carbocycles. The Morgan fingerprint density at radius 1 is 1.10 bits per heavy atom. The van der Waals surface area contributed by atoms with Crippen LogP contribution in [0.2, 0.25) is 0 Å². The van der Waals surface area contributed by atoms with Crippen molar-refractivity contribution in [3.05, 3.63) is 64.2 Å². The van der Waals surface area contributed by atoms with E-state index in [1.54, 1.807) is 0 Å². The highest BCUT2D eigenvalue weighted by molar-refractivity contribution is 5.48. The van der Waals surface area contributed by atoms with Crippen LogP contribution in [0.3, 0.4) is 0 Å². The average molecular weight is 282 g/mol. The Morgan fingerprint density at radius 3 is 2.62 bits per heavy atom. The van der Waals surface area contributed by atoms with E-state index in [1.807, 2.05) is 19.1 Å². The zero-order valence-corrected chi connectivity index (χ0v) is 13.1. The van der Waals surface area contributed by atoms with Crippen molar-refractivity contribution in [2.75, 3.05) is 6.61 Å². The summed E-state index contributed by atoms with van der Waals surface area (Å²) >= 11 is 0. The van der Waals surface area contributed by atoms with Gasteiger partial charge in [0.15, 0.2) is 0 Å². The second-order valence-corrected chi connectivity index (χ2v) is 6.69. The van der Waals surface area contributed by atoms with Crippen LogP contribution in [0.15, 0.2) is 36.4 Å². The molecular weight excluding hydrogens is 260 g/mol. The van der Waals surface area contributed by atoms with Crippen molar-refractivity contribution in [3.63, 3.8) is 0 Å². The van der Waals surface area contributed by atoms with Gasteiger partial charge in [0.05, 0.1) is 6.61 Å². The SMILES string of the molecule is Cc1ccc(C)c(C(O)c2ccc3c(c2)C(C)(C)CO3)c1. The van der Waals surface area contributed by atoms with Gasteiger partial charge in [-0.25, -0.2) is 0 Å². The summed E-state index contributed by atoms with van der Waals surface area (Å²) in [5.41, 5.74) is 5.38. The highest BCUT2D eigenvalue weighted by Gasteiger charge is 2.32. The average Bonchev–Trinajstić information content (AvgIpc) is 2.76. The Balaban J connectivity index is 2.03. The molecule has 1 unspecified atom stereocenters. The van der Waals surface area contributed by atoms with Crippen molar-refractivity contribution in [1.29, 1.82) is 0 Å². The molecule has 2 heteroatoms. The molecule has 2 nitrogen and oxygen atoms in total. The van der Waals surface area contributed by atoms with Gasteiger partial charge >= 0.3 is 0 Å². The van der Waals surface area contributed by atoms with Gasteiger partial charge in [-0.05, 0) is 42.7 Å². The maximum Gasteiger partial charge on any atom is 0.123 e. The number of hydrogen-bond acceptors (Lipinski definition) is 2. The topological polar surface area (TPSA) is 29.5 Å². The van der Waals surface area contributed by atoms with Crippen molar-refractivity contribution >= 4 is 0 Å². The lowest BCUT2D eigenvalue weighted by atomic mass is 9.85. The minimum atomic E-state index is -0.591. The van der Waals surface area contributed by atoms with Gasteiger partial charge in [-0.2, -0.15) is 0 Å². The van der Waals surface area contributed by atoms with E-state index in [0.29, 0.717) is 6.61 Å². The van der Waals surface area contributed by atoms with Gasteiger partial charge in [0.25, 0.3) is 0 Å². The molecule has 2 aromatic carbocycles. The number of ether oxygens (including phenoxy) is 1. The van der Waals surface area contributed by atoms with E-state index in [4.69, 9.17) is 4.74 Å².